The number of benzene rings is 6. The predicted octanol–water partition coefficient (Wildman–Crippen LogP) is 13.0. The van der Waals surface area contributed by atoms with E-state index in [1.165, 1.54) is 88.4 Å². The normalized spacial score (nSPS) is 14.8. The van der Waals surface area contributed by atoms with Gasteiger partial charge in [0.2, 0.25) is 0 Å². The summed E-state index contributed by atoms with van der Waals surface area (Å²) in [7, 11) is 0. The van der Waals surface area contributed by atoms with Crippen LogP contribution in [0.1, 0.15) is 36.8 Å². The van der Waals surface area contributed by atoms with E-state index >= 15 is 0 Å². The molecule has 2 nitrogen and oxygen atoms in total. The Hall–Kier alpha value is -6.12. The van der Waals surface area contributed by atoms with Crippen LogP contribution in [0.5, 0.6) is 0 Å². The Balaban J connectivity index is 1.11. The fourth-order valence-corrected chi connectivity index (χ4v) is 8.27. The van der Waals surface area contributed by atoms with Crippen molar-refractivity contribution in [3.05, 3.63) is 181 Å². The van der Waals surface area contributed by atoms with Crippen LogP contribution in [0.3, 0.4) is 0 Å². The Morgan fingerprint density at radius 3 is 1.74 bits per heavy atom. The molecule has 0 N–H and O–H groups in total. The molecule has 2 aromatic heterocycles. The molecule has 0 saturated carbocycles. The Labute approximate surface area is 292 Å². The van der Waals surface area contributed by atoms with Gasteiger partial charge in [0.1, 0.15) is 0 Å². The van der Waals surface area contributed by atoms with Crippen LogP contribution in [0.4, 0.5) is 0 Å². The van der Waals surface area contributed by atoms with Crippen LogP contribution >= 0.6 is 0 Å². The van der Waals surface area contributed by atoms with Gasteiger partial charge < -0.3 is 9.13 Å². The van der Waals surface area contributed by atoms with E-state index < -0.39 is 0 Å². The smallest absolute Gasteiger partial charge is 0.0547 e. The molecule has 238 valence electrons. The van der Waals surface area contributed by atoms with Crippen molar-refractivity contribution in [2.45, 2.75) is 25.7 Å². The van der Waals surface area contributed by atoms with Crippen LogP contribution in [0.2, 0.25) is 0 Å². The van der Waals surface area contributed by atoms with Gasteiger partial charge in [-0.05, 0) is 114 Å². The number of aromatic nitrogens is 2. The molecule has 0 unspecified atom stereocenters. The number of hydrogen-bond acceptors (Lipinski definition) is 0. The topological polar surface area (TPSA) is 9.86 Å². The minimum Gasteiger partial charge on any atom is -0.313 e. The van der Waals surface area contributed by atoms with E-state index in [1.807, 2.05) is 0 Å². The van der Waals surface area contributed by atoms with E-state index in [2.05, 4.69) is 179 Å². The maximum atomic E-state index is 2.48. The third kappa shape index (κ3) is 4.71. The molecule has 8 aromatic rings. The standard InChI is InChI=1S/C48H36N2/c1-4-12-33(13-5-1)35-20-25-40(26-21-35)49-45-19-11-10-18-41(45)43-30-36(23-28-46(43)49)37-24-29-47-44(31-37)42-27-22-38(34-14-6-2-7-15-34)32-48(42)50(47)39-16-8-3-9-17-39/h1-6,8-14,16-20,22-25,27-32H,7,15,21,26H2. The number of rotatable bonds is 5. The minimum atomic E-state index is 1.01. The van der Waals surface area contributed by atoms with Crippen molar-refractivity contribution in [1.29, 1.82) is 0 Å². The maximum Gasteiger partial charge on any atom is 0.0547 e. The highest BCUT2D eigenvalue weighted by Gasteiger charge is 2.19. The zero-order chi connectivity index (χ0) is 33.0. The van der Waals surface area contributed by atoms with Gasteiger partial charge in [-0.3, -0.25) is 0 Å². The van der Waals surface area contributed by atoms with Crippen molar-refractivity contribution in [2.75, 3.05) is 0 Å². The predicted molar refractivity (Wildman–Crippen MR) is 213 cm³/mol. The molecule has 2 aliphatic carbocycles. The SMILES string of the molecule is C1=CCCC(c2ccc3c4cc(-c5ccc6c(c5)c5ccccc5n6C5=CC=C(c6ccccc6)CC5)ccc4n(-c4ccccc4)c3c2)=C1. The van der Waals surface area contributed by atoms with Crippen LogP contribution in [0.15, 0.2) is 170 Å². The minimum absolute atomic E-state index is 1.01. The molecule has 2 heteroatoms. The first kappa shape index (κ1) is 28.9. The molecule has 10 rings (SSSR count). The van der Waals surface area contributed by atoms with Crippen LogP contribution < -0.4 is 0 Å². The average Bonchev–Trinajstić information content (AvgIpc) is 3.70. The van der Waals surface area contributed by atoms with E-state index in [0.717, 1.165) is 25.7 Å². The summed E-state index contributed by atoms with van der Waals surface area (Å²) in [6, 6.07) is 51.5. The van der Waals surface area contributed by atoms with Crippen LogP contribution in [0, 0.1) is 0 Å². The first-order chi connectivity index (χ1) is 24.8. The Morgan fingerprint density at radius 2 is 1.02 bits per heavy atom. The van der Waals surface area contributed by atoms with E-state index in [9.17, 15) is 0 Å². The molecular weight excluding hydrogens is 605 g/mol. The third-order valence-corrected chi connectivity index (χ3v) is 10.7. The first-order valence-electron chi connectivity index (χ1n) is 17.8. The summed E-state index contributed by atoms with van der Waals surface area (Å²) in [5, 5.41) is 5.15. The lowest BCUT2D eigenvalue weighted by Crippen LogP contribution is -2.01. The lowest BCUT2D eigenvalue weighted by atomic mass is 9.95. The van der Waals surface area contributed by atoms with Gasteiger partial charge >= 0.3 is 0 Å². The summed E-state index contributed by atoms with van der Waals surface area (Å²) in [5.74, 6) is 0. The van der Waals surface area contributed by atoms with Gasteiger partial charge in [-0.15, -0.1) is 0 Å². The number of nitrogens with zero attached hydrogens (tertiary/aromatic N) is 2. The Kier molecular flexibility index (Phi) is 6.80. The quantitative estimate of drug-likeness (QED) is 0.177. The Bertz CT molecular complexity index is 2730. The maximum absolute atomic E-state index is 2.48. The van der Waals surface area contributed by atoms with Crippen molar-refractivity contribution < 1.29 is 0 Å². The molecule has 50 heavy (non-hydrogen) atoms. The monoisotopic (exact) mass is 640 g/mol. The van der Waals surface area contributed by atoms with E-state index in [4.69, 9.17) is 0 Å². The molecule has 0 spiro atoms. The molecule has 6 aromatic carbocycles. The number of allylic oxidation sites excluding steroid dienone is 8. The highest BCUT2D eigenvalue weighted by molar-refractivity contribution is 6.13. The van der Waals surface area contributed by atoms with Crippen molar-refractivity contribution in [1.82, 2.24) is 9.13 Å². The number of fused-ring (bicyclic) bond motifs is 6. The third-order valence-electron chi connectivity index (χ3n) is 10.7. The molecule has 0 aliphatic heterocycles. The summed E-state index contributed by atoms with van der Waals surface area (Å²) in [6.07, 6.45) is 15.6. The van der Waals surface area contributed by atoms with Gasteiger partial charge in [0.05, 0.1) is 22.1 Å². The second kappa shape index (κ2) is 11.8. The summed E-state index contributed by atoms with van der Waals surface area (Å²) in [5.41, 5.74) is 15.5. The molecule has 0 fully saturated rings. The zero-order valence-electron chi connectivity index (χ0n) is 27.9. The van der Waals surface area contributed by atoms with E-state index in [-0.39, 0.29) is 0 Å². The summed E-state index contributed by atoms with van der Waals surface area (Å²) in [6.45, 7) is 0. The van der Waals surface area contributed by atoms with Crippen molar-refractivity contribution >= 4 is 60.5 Å². The summed E-state index contributed by atoms with van der Waals surface area (Å²) in [4.78, 5) is 0. The van der Waals surface area contributed by atoms with E-state index in [0.29, 0.717) is 0 Å². The molecule has 0 radical (unpaired) electrons. The van der Waals surface area contributed by atoms with Crippen LogP contribution in [0.25, 0.3) is 77.3 Å². The fraction of sp³-hybridized carbons (Fsp3) is 0.0833. The van der Waals surface area contributed by atoms with Gasteiger partial charge in [0.15, 0.2) is 0 Å². The summed E-state index contributed by atoms with van der Waals surface area (Å²) >= 11 is 0. The molecule has 0 amide bonds. The number of para-hydroxylation sites is 2. The second-order valence-corrected chi connectivity index (χ2v) is 13.6. The van der Waals surface area contributed by atoms with Crippen LogP contribution in [-0.4, -0.2) is 9.13 Å². The molecule has 0 saturated heterocycles. The van der Waals surface area contributed by atoms with Crippen LogP contribution in [-0.2, 0) is 0 Å². The summed E-state index contributed by atoms with van der Waals surface area (Å²) < 4.78 is 4.92. The van der Waals surface area contributed by atoms with Gasteiger partial charge in [-0.25, -0.2) is 0 Å². The van der Waals surface area contributed by atoms with Gasteiger partial charge in [-0.2, -0.15) is 0 Å². The first-order valence-corrected chi connectivity index (χ1v) is 17.8. The lowest BCUT2D eigenvalue weighted by Gasteiger charge is -2.18. The molecule has 0 bridgehead atoms. The van der Waals surface area contributed by atoms with E-state index in [1.54, 1.807) is 0 Å². The van der Waals surface area contributed by atoms with Crippen molar-refractivity contribution in [3.8, 4) is 16.8 Å². The molecule has 0 atom stereocenters. The highest BCUT2D eigenvalue weighted by Crippen LogP contribution is 2.40. The van der Waals surface area contributed by atoms with Gasteiger partial charge in [0, 0.05) is 32.9 Å². The largest absolute Gasteiger partial charge is 0.313 e. The second-order valence-electron chi connectivity index (χ2n) is 13.6. The van der Waals surface area contributed by atoms with Gasteiger partial charge in [-0.1, -0.05) is 115 Å². The zero-order valence-corrected chi connectivity index (χ0v) is 27.9. The lowest BCUT2D eigenvalue weighted by molar-refractivity contribution is 0.992. The Morgan fingerprint density at radius 1 is 0.380 bits per heavy atom. The number of hydrogen-bond donors (Lipinski definition) is 0. The van der Waals surface area contributed by atoms with Crippen molar-refractivity contribution in [2.24, 2.45) is 0 Å². The molecule has 2 aliphatic rings. The molecule has 2 heterocycles. The average molecular weight is 641 g/mol. The van der Waals surface area contributed by atoms with Gasteiger partial charge in [0.25, 0.3) is 0 Å². The van der Waals surface area contributed by atoms with Crippen molar-refractivity contribution in [3.63, 3.8) is 0 Å². The fourth-order valence-electron chi connectivity index (χ4n) is 8.27. The molecular formula is C48H36N2. The highest BCUT2D eigenvalue weighted by atomic mass is 15.0.